The monoisotopic (exact) mass is 370 g/mol. The third-order valence-corrected chi connectivity index (χ3v) is 0. The first-order valence-electron chi connectivity index (χ1n) is 0. The van der Waals surface area contributed by atoms with Gasteiger partial charge in [-0.2, -0.15) is 13.5 Å². The van der Waals surface area contributed by atoms with Crippen LogP contribution in [0.3, 0.4) is 0 Å². The minimum atomic E-state index is 0. The van der Waals surface area contributed by atoms with Crippen molar-refractivity contribution in [1.82, 2.24) is 0 Å². The van der Waals surface area contributed by atoms with Crippen LogP contribution < -0.4 is 0 Å². The van der Waals surface area contributed by atoms with Crippen molar-refractivity contribution in [3.8, 4) is 0 Å². The van der Waals surface area contributed by atoms with Crippen LogP contribution in [0.5, 0.6) is 0 Å². The van der Waals surface area contributed by atoms with Gasteiger partial charge in [-0.1, -0.05) is 17.3 Å². The standard InChI is InChI=1S/CH4.Fe.Mn.Mo.HP.H2S.Si.V/h1H4;;;;1H;1H2;;. The molecule has 0 saturated carbocycles. The molecule has 52 valence electrons. The van der Waals surface area contributed by atoms with E-state index in [1.807, 2.05) is 0 Å². The van der Waals surface area contributed by atoms with Crippen molar-refractivity contribution < 1.29 is 73.8 Å². The summed E-state index contributed by atoms with van der Waals surface area (Å²) >= 11 is 0. The Bertz CT molecular complexity index is 24.0. The first-order valence-corrected chi connectivity index (χ1v) is 0. The summed E-state index contributed by atoms with van der Waals surface area (Å²) < 4.78 is 0. The number of hydrogen-bond acceptors (Lipinski definition) is 0. The summed E-state index contributed by atoms with van der Waals surface area (Å²) in [5.74, 6) is 0. The zero-order valence-electron chi connectivity index (χ0n) is 3.09. The van der Waals surface area contributed by atoms with Crippen LogP contribution in [0.25, 0.3) is 0 Å². The van der Waals surface area contributed by atoms with Gasteiger partial charge in [0.25, 0.3) is 0 Å². The fraction of sp³-hybridized carbons (Fsp3) is 1.00. The number of rotatable bonds is 0. The molecule has 0 aliphatic carbocycles. The van der Waals surface area contributed by atoms with Gasteiger partial charge >= 0.3 is 0 Å². The van der Waals surface area contributed by atoms with Crippen LogP contribution in [-0.4, -0.2) is 11.0 Å². The molecule has 0 N–H and O–H groups in total. The Morgan fingerprint density at radius 1 is 1.00 bits per heavy atom. The summed E-state index contributed by atoms with van der Waals surface area (Å²) in [6.07, 6.45) is 0. The van der Waals surface area contributed by atoms with Gasteiger partial charge < -0.3 is 0 Å². The SMILES string of the molecule is C.S.[Fe].[Mn].[Mo].[PH].[Si].[V]. The van der Waals surface area contributed by atoms with Crippen LogP contribution >= 0.6 is 23.4 Å². The Morgan fingerprint density at radius 3 is 1.00 bits per heavy atom. The molecule has 0 aliphatic heterocycles. The third-order valence-electron chi connectivity index (χ3n) is 0. The average molecular weight is 368 g/mol. The quantitative estimate of drug-likeness (QED) is 0.442. The summed E-state index contributed by atoms with van der Waals surface area (Å²) in [6, 6.07) is 0. The predicted molar refractivity (Wildman–Crippen MR) is 31.2 cm³/mol. The topological polar surface area (TPSA) is 0 Å². The second kappa shape index (κ2) is 81.6. The van der Waals surface area contributed by atoms with Crippen molar-refractivity contribution in [2.24, 2.45) is 0 Å². The number of hydrogen-bond donors (Lipinski definition) is 0. The molecule has 0 heterocycles. The Labute approximate surface area is 114 Å². The van der Waals surface area contributed by atoms with E-state index in [0.29, 0.717) is 0 Å². The molecule has 8 radical (unpaired) electrons. The van der Waals surface area contributed by atoms with E-state index in [9.17, 15) is 0 Å². The molecule has 0 unspecified atom stereocenters. The normalized spacial score (nSPS) is 0. The van der Waals surface area contributed by atoms with E-state index in [-0.39, 0.29) is 116 Å². The molecule has 0 aliphatic rings. The molecule has 0 aromatic heterocycles. The zero-order chi connectivity index (χ0) is 0. The van der Waals surface area contributed by atoms with Crippen LogP contribution in [0.15, 0.2) is 0 Å². The Balaban J connectivity index is 0. The van der Waals surface area contributed by atoms with Gasteiger partial charge in [0.15, 0.2) is 0 Å². The average Bonchev–Trinajstić information content (AvgIpc) is 0. The summed E-state index contributed by atoms with van der Waals surface area (Å²) in [4.78, 5) is 0. The van der Waals surface area contributed by atoms with Crippen molar-refractivity contribution in [3.05, 3.63) is 0 Å². The fourth-order valence-corrected chi connectivity index (χ4v) is 0. The molecule has 0 bridgehead atoms. The summed E-state index contributed by atoms with van der Waals surface area (Å²) in [5, 5.41) is 0. The molecule has 0 atom stereocenters. The molecule has 0 nitrogen and oxygen atoms in total. The molecule has 0 aromatic carbocycles. The predicted octanol–water partition coefficient (Wildman–Crippen LogP) is 0.952. The van der Waals surface area contributed by atoms with Gasteiger partial charge in [-0.3, -0.25) is 0 Å². The van der Waals surface area contributed by atoms with Crippen molar-refractivity contribution in [2.75, 3.05) is 0 Å². The largest absolute Gasteiger partial charge is 0.197 e. The van der Waals surface area contributed by atoms with Gasteiger partial charge in [0.05, 0.1) is 0 Å². The van der Waals surface area contributed by atoms with Crippen molar-refractivity contribution in [3.63, 3.8) is 0 Å². The minimum Gasteiger partial charge on any atom is -0.197 e. The second-order valence-electron chi connectivity index (χ2n) is 0. The Morgan fingerprint density at radius 2 is 1.00 bits per heavy atom. The van der Waals surface area contributed by atoms with Crippen LogP contribution in [0.1, 0.15) is 7.43 Å². The summed E-state index contributed by atoms with van der Waals surface area (Å²) in [5.41, 5.74) is 0. The van der Waals surface area contributed by atoms with E-state index in [1.54, 1.807) is 0 Å². The molecule has 0 saturated heterocycles. The van der Waals surface area contributed by atoms with Crippen LogP contribution in [0.2, 0.25) is 0 Å². The molecule has 7 heteroatoms. The van der Waals surface area contributed by atoms with Gasteiger partial charge in [0, 0.05) is 84.7 Å². The second-order valence-corrected chi connectivity index (χ2v) is 0. The van der Waals surface area contributed by atoms with Gasteiger partial charge in [0.2, 0.25) is 0 Å². The third kappa shape index (κ3) is 58.7. The molecule has 0 rings (SSSR count). The first kappa shape index (κ1) is 110. The van der Waals surface area contributed by atoms with E-state index in [0.717, 1.165) is 0 Å². The van der Waals surface area contributed by atoms with Crippen LogP contribution in [0, 0.1) is 0 Å². The van der Waals surface area contributed by atoms with E-state index in [4.69, 9.17) is 0 Å². The molecule has 0 aromatic rings. The minimum absolute atomic E-state index is 0. The smallest absolute Gasteiger partial charge is 0 e. The van der Waals surface area contributed by atoms with Crippen molar-refractivity contribution in [1.29, 1.82) is 0 Å². The molecular weight excluding hydrogens is 361 g/mol. The molecule has 8 heavy (non-hydrogen) atoms. The maximum Gasteiger partial charge on any atom is 0 e. The van der Waals surface area contributed by atoms with Crippen LogP contribution in [0.4, 0.5) is 0 Å². The molecule has 0 fully saturated rings. The van der Waals surface area contributed by atoms with E-state index < -0.39 is 0 Å². The molecule has 0 spiro atoms. The summed E-state index contributed by atoms with van der Waals surface area (Å²) in [6.45, 7) is 0. The summed E-state index contributed by atoms with van der Waals surface area (Å²) in [7, 11) is 0. The van der Waals surface area contributed by atoms with E-state index in [1.165, 1.54) is 0 Å². The van der Waals surface area contributed by atoms with Crippen molar-refractivity contribution in [2.45, 2.75) is 7.43 Å². The zero-order valence-corrected chi connectivity index (χ0v) is 11.8. The van der Waals surface area contributed by atoms with Crippen molar-refractivity contribution >= 4 is 34.4 Å². The van der Waals surface area contributed by atoms with E-state index >= 15 is 0 Å². The van der Waals surface area contributed by atoms with Gasteiger partial charge in [-0.15, -0.1) is 0 Å². The maximum atomic E-state index is 0. The van der Waals surface area contributed by atoms with E-state index in [2.05, 4.69) is 0 Å². The van der Waals surface area contributed by atoms with Gasteiger partial charge in [-0.05, 0) is 0 Å². The Kier molecular flexibility index (Phi) is 1120. The maximum absolute atomic E-state index is 0. The van der Waals surface area contributed by atoms with Gasteiger partial charge in [0.1, 0.15) is 0 Å². The molecule has 0 amide bonds. The fourth-order valence-electron chi connectivity index (χ4n) is 0. The molecular formula is CH7FeMnMoPSSiV. The Hall–Kier alpha value is 3.31. The first-order chi connectivity index (χ1) is 0. The van der Waals surface area contributed by atoms with Gasteiger partial charge in [-0.25, -0.2) is 0 Å². The van der Waals surface area contributed by atoms with Crippen LogP contribution in [-0.2, 0) is 73.8 Å².